The minimum absolute atomic E-state index is 0.0329. The number of rotatable bonds is 7. The molecule has 1 saturated heterocycles. The molecule has 1 amide bonds. The van der Waals surface area contributed by atoms with Crippen molar-refractivity contribution >= 4 is 22.6 Å². The van der Waals surface area contributed by atoms with E-state index in [1.165, 1.54) is 18.3 Å². The molecular formula is C27H29F3N4O2. The first-order valence-electron chi connectivity index (χ1n) is 12.3. The van der Waals surface area contributed by atoms with Crippen LogP contribution in [0, 0.1) is 11.8 Å². The van der Waals surface area contributed by atoms with E-state index >= 15 is 0 Å². The van der Waals surface area contributed by atoms with Crippen molar-refractivity contribution < 1.29 is 22.7 Å². The fourth-order valence-electron chi connectivity index (χ4n) is 4.88. The third-order valence-electron chi connectivity index (χ3n) is 7.06. The van der Waals surface area contributed by atoms with Crippen molar-refractivity contribution in [3.63, 3.8) is 0 Å². The molecule has 0 radical (unpaired) electrons. The summed E-state index contributed by atoms with van der Waals surface area (Å²) < 4.78 is 44.5. The van der Waals surface area contributed by atoms with Crippen molar-refractivity contribution in [3.8, 4) is 5.75 Å². The molecule has 0 spiro atoms. The van der Waals surface area contributed by atoms with Gasteiger partial charge in [0.2, 0.25) is 0 Å². The van der Waals surface area contributed by atoms with Gasteiger partial charge in [0, 0.05) is 43.3 Å². The SMILES string of the molecule is COc1cccc(C(=O)N(CC2CC2)CC2CCN(c3nccc4nc(C(F)(F)F)ccc34)CC2)c1. The van der Waals surface area contributed by atoms with Gasteiger partial charge < -0.3 is 14.5 Å². The van der Waals surface area contributed by atoms with Gasteiger partial charge in [-0.1, -0.05) is 6.07 Å². The van der Waals surface area contributed by atoms with Crippen molar-refractivity contribution in [1.82, 2.24) is 14.9 Å². The van der Waals surface area contributed by atoms with E-state index in [0.29, 0.717) is 40.9 Å². The van der Waals surface area contributed by atoms with Gasteiger partial charge in [-0.3, -0.25) is 4.79 Å². The average Bonchev–Trinajstić information content (AvgIpc) is 3.71. The molecule has 3 heterocycles. The van der Waals surface area contributed by atoms with Gasteiger partial charge in [0.05, 0.1) is 12.6 Å². The van der Waals surface area contributed by atoms with Crippen LogP contribution < -0.4 is 9.64 Å². The van der Waals surface area contributed by atoms with E-state index in [1.54, 1.807) is 13.2 Å². The Bertz CT molecular complexity index is 1240. The van der Waals surface area contributed by atoms with Gasteiger partial charge in [0.25, 0.3) is 5.91 Å². The number of pyridine rings is 2. The molecule has 190 valence electrons. The number of halogens is 3. The van der Waals surface area contributed by atoms with Crippen LogP contribution in [0.15, 0.2) is 48.7 Å². The van der Waals surface area contributed by atoms with Crippen molar-refractivity contribution in [2.45, 2.75) is 31.9 Å². The minimum Gasteiger partial charge on any atom is -0.497 e. The van der Waals surface area contributed by atoms with Crippen LogP contribution >= 0.6 is 0 Å². The lowest BCUT2D eigenvalue weighted by Crippen LogP contribution is -2.42. The van der Waals surface area contributed by atoms with Crippen LogP contribution in [0.5, 0.6) is 5.75 Å². The van der Waals surface area contributed by atoms with Crippen LogP contribution in [0.4, 0.5) is 19.0 Å². The van der Waals surface area contributed by atoms with Gasteiger partial charge in [-0.25, -0.2) is 9.97 Å². The average molecular weight is 499 g/mol. The lowest BCUT2D eigenvalue weighted by atomic mass is 9.95. The second-order valence-corrected chi connectivity index (χ2v) is 9.71. The van der Waals surface area contributed by atoms with E-state index in [9.17, 15) is 18.0 Å². The number of methoxy groups -OCH3 is 1. The molecule has 2 aromatic heterocycles. The third kappa shape index (κ3) is 5.39. The lowest BCUT2D eigenvalue weighted by molar-refractivity contribution is -0.140. The number of fused-ring (bicyclic) bond motifs is 1. The maximum Gasteiger partial charge on any atom is 0.433 e. The Morgan fingerprint density at radius 3 is 2.44 bits per heavy atom. The van der Waals surface area contributed by atoms with Crippen molar-refractivity contribution in [3.05, 3.63) is 59.9 Å². The number of nitrogens with zero attached hydrogens (tertiary/aromatic N) is 4. The number of hydrogen-bond acceptors (Lipinski definition) is 5. The molecule has 1 aromatic carbocycles. The van der Waals surface area contributed by atoms with Crippen LogP contribution in [-0.2, 0) is 6.18 Å². The first kappa shape index (κ1) is 24.3. The topological polar surface area (TPSA) is 58.6 Å². The zero-order valence-electron chi connectivity index (χ0n) is 20.2. The van der Waals surface area contributed by atoms with Crippen molar-refractivity contribution in [2.75, 3.05) is 38.2 Å². The number of piperidine rings is 1. The highest BCUT2D eigenvalue weighted by Gasteiger charge is 2.33. The maximum absolute atomic E-state index is 13.3. The number of aromatic nitrogens is 2. The summed E-state index contributed by atoms with van der Waals surface area (Å²) in [5, 5.41) is 0.618. The molecule has 2 fully saturated rings. The highest BCUT2D eigenvalue weighted by Crippen LogP contribution is 2.34. The van der Waals surface area contributed by atoms with E-state index in [0.717, 1.165) is 51.4 Å². The molecule has 1 saturated carbocycles. The third-order valence-corrected chi connectivity index (χ3v) is 7.06. The van der Waals surface area contributed by atoms with Gasteiger partial charge in [0.1, 0.15) is 17.3 Å². The quantitative estimate of drug-likeness (QED) is 0.435. The molecule has 6 nitrogen and oxygen atoms in total. The number of carbonyl (C=O) groups is 1. The zero-order chi connectivity index (χ0) is 25.3. The molecule has 0 bridgehead atoms. The largest absolute Gasteiger partial charge is 0.497 e. The van der Waals surface area contributed by atoms with E-state index in [1.807, 2.05) is 23.1 Å². The monoisotopic (exact) mass is 498 g/mol. The molecule has 2 aliphatic rings. The Kier molecular flexibility index (Phi) is 6.73. The summed E-state index contributed by atoms with van der Waals surface area (Å²) in [6, 6.07) is 11.3. The van der Waals surface area contributed by atoms with E-state index in [-0.39, 0.29) is 11.4 Å². The summed E-state index contributed by atoms with van der Waals surface area (Å²) in [4.78, 5) is 25.7. The molecule has 0 atom stereocenters. The molecule has 9 heteroatoms. The fraction of sp³-hybridized carbons (Fsp3) is 0.444. The van der Waals surface area contributed by atoms with E-state index < -0.39 is 11.9 Å². The summed E-state index contributed by atoms with van der Waals surface area (Å²) in [6.45, 7) is 2.92. The molecular weight excluding hydrogens is 469 g/mol. The second kappa shape index (κ2) is 9.95. The molecule has 0 unspecified atom stereocenters. The Balaban J connectivity index is 1.27. The molecule has 36 heavy (non-hydrogen) atoms. The number of hydrogen-bond donors (Lipinski definition) is 0. The van der Waals surface area contributed by atoms with Crippen LogP contribution in [0.3, 0.4) is 0 Å². The van der Waals surface area contributed by atoms with E-state index in [4.69, 9.17) is 4.74 Å². The van der Waals surface area contributed by atoms with Crippen LogP contribution in [0.2, 0.25) is 0 Å². The Morgan fingerprint density at radius 1 is 1.06 bits per heavy atom. The first-order valence-corrected chi connectivity index (χ1v) is 12.3. The highest BCUT2D eigenvalue weighted by molar-refractivity contribution is 5.94. The van der Waals surface area contributed by atoms with Crippen LogP contribution in [0.25, 0.3) is 10.9 Å². The maximum atomic E-state index is 13.3. The van der Waals surface area contributed by atoms with E-state index in [2.05, 4.69) is 14.9 Å². The predicted molar refractivity (Wildman–Crippen MR) is 131 cm³/mol. The number of alkyl halides is 3. The number of amides is 1. The van der Waals surface area contributed by atoms with Crippen LogP contribution in [0.1, 0.15) is 41.7 Å². The molecule has 5 rings (SSSR count). The highest BCUT2D eigenvalue weighted by atomic mass is 19.4. The lowest BCUT2D eigenvalue weighted by Gasteiger charge is -2.36. The minimum atomic E-state index is -4.48. The molecule has 1 aliphatic carbocycles. The Labute approximate surface area is 208 Å². The second-order valence-electron chi connectivity index (χ2n) is 9.71. The summed E-state index contributed by atoms with van der Waals surface area (Å²) >= 11 is 0. The Morgan fingerprint density at radius 2 is 1.78 bits per heavy atom. The summed E-state index contributed by atoms with van der Waals surface area (Å²) in [5.41, 5.74) is 0.0249. The van der Waals surface area contributed by atoms with Gasteiger partial charge in [-0.05, 0) is 73.9 Å². The smallest absolute Gasteiger partial charge is 0.433 e. The summed E-state index contributed by atoms with van der Waals surface area (Å²) in [7, 11) is 1.59. The number of anilines is 1. The standard InChI is InChI=1S/C27H29F3N4O2/c1-36-21-4-2-3-20(15-21)26(35)34(16-18-5-6-18)17-19-10-13-33(14-11-19)25-22-7-8-24(27(28,29)30)32-23(22)9-12-31-25/h2-4,7-9,12,15,18-19H,5-6,10-11,13-14,16-17H2,1H3. The van der Waals surface area contributed by atoms with Gasteiger partial charge in [-0.15, -0.1) is 0 Å². The Hall–Kier alpha value is -3.36. The van der Waals surface area contributed by atoms with Crippen LogP contribution in [-0.4, -0.2) is 54.1 Å². The van der Waals surface area contributed by atoms with Gasteiger partial charge in [-0.2, -0.15) is 13.2 Å². The van der Waals surface area contributed by atoms with Crippen molar-refractivity contribution in [1.29, 1.82) is 0 Å². The molecule has 1 aliphatic heterocycles. The molecule has 0 N–H and O–H groups in total. The van der Waals surface area contributed by atoms with Crippen molar-refractivity contribution in [2.24, 2.45) is 11.8 Å². The first-order chi connectivity index (χ1) is 17.3. The van der Waals surface area contributed by atoms with Gasteiger partial charge in [0.15, 0.2) is 0 Å². The summed E-state index contributed by atoms with van der Waals surface area (Å²) in [5.74, 6) is 2.29. The number of ether oxygens (including phenoxy) is 1. The zero-order valence-corrected chi connectivity index (χ0v) is 20.2. The summed E-state index contributed by atoms with van der Waals surface area (Å²) in [6.07, 6.45) is 1.11. The number of benzene rings is 1. The molecule has 3 aromatic rings. The predicted octanol–water partition coefficient (Wildman–Crippen LogP) is 5.43. The normalized spacial score (nSPS) is 16.8. The van der Waals surface area contributed by atoms with Gasteiger partial charge >= 0.3 is 6.18 Å². The fourth-order valence-corrected chi connectivity index (χ4v) is 4.88. The number of carbonyl (C=O) groups excluding carboxylic acids is 1.